The molecule has 1 heterocycles. The van der Waals surface area contributed by atoms with Gasteiger partial charge in [-0.05, 0) is 18.1 Å². The summed E-state index contributed by atoms with van der Waals surface area (Å²) in [6.45, 7) is 3.13. The fourth-order valence-electron chi connectivity index (χ4n) is 1.27. The lowest BCUT2D eigenvalue weighted by Gasteiger charge is -2.09. The topological polar surface area (TPSA) is 65.1 Å². The molecule has 0 aliphatic rings. The predicted molar refractivity (Wildman–Crippen MR) is 53.9 cm³/mol. The number of hydrogen-bond acceptors (Lipinski definition) is 2. The average Bonchev–Trinajstić information content (AvgIpc) is 2.64. The predicted octanol–water partition coefficient (Wildman–Crippen LogP) is 1.22. The number of aromatic nitrogens is 1. The highest BCUT2D eigenvalue weighted by atomic mass is 16.4. The summed E-state index contributed by atoms with van der Waals surface area (Å²) in [6.07, 6.45) is 4.41. The summed E-state index contributed by atoms with van der Waals surface area (Å²) >= 11 is 0. The van der Waals surface area contributed by atoms with E-state index in [1.165, 1.54) is 0 Å². The van der Waals surface area contributed by atoms with Gasteiger partial charge in [0.15, 0.2) is 0 Å². The summed E-state index contributed by atoms with van der Waals surface area (Å²) in [5.74, 6) is -1.01. The lowest BCUT2D eigenvalue weighted by Crippen LogP contribution is -2.27. The maximum atomic E-state index is 10.7. The highest BCUT2D eigenvalue weighted by Crippen LogP contribution is 2.01. The van der Waals surface area contributed by atoms with E-state index in [-0.39, 0.29) is 5.92 Å². The number of H-pyrrole nitrogens is 1. The zero-order valence-corrected chi connectivity index (χ0v) is 8.29. The number of rotatable bonds is 6. The molecule has 0 aliphatic carbocycles. The Hall–Kier alpha value is -1.29. The number of carboxylic acids is 1. The Morgan fingerprint density at radius 2 is 2.50 bits per heavy atom. The first-order valence-corrected chi connectivity index (χ1v) is 4.79. The van der Waals surface area contributed by atoms with Gasteiger partial charge in [0.05, 0.1) is 5.92 Å². The normalized spacial score (nSPS) is 12.6. The number of aromatic amines is 1. The Morgan fingerprint density at radius 3 is 3.00 bits per heavy atom. The van der Waals surface area contributed by atoms with E-state index in [9.17, 15) is 4.79 Å². The van der Waals surface area contributed by atoms with E-state index < -0.39 is 5.97 Å². The summed E-state index contributed by atoms with van der Waals surface area (Å²) in [5, 5.41) is 11.9. The van der Waals surface area contributed by atoms with Crippen molar-refractivity contribution in [3.63, 3.8) is 0 Å². The molecule has 0 saturated carbocycles. The number of hydrogen-bond donors (Lipinski definition) is 3. The Balaban J connectivity index is 2.23. The molecular weight excluding hydrogens is 180 g/mol. The zero-order chi connectivity index (χ0) is 10.4. The maximum Gasteiger partial charge on any atom is 0.307 e. The van der Waals surface area contributed by atoms with Crippen LogP contribution >= 0.6 is 0 Å². The van der Waals surface area contributed by atoms with Crippen LogP contribution in [0.1, 0.15) is 18.9 Å². The summed E-state index contributed by atoms with van der Waals surface area (Å²) in [4.78, 5) is 13.6. The van der Waals surface area contributed by atoms with Crippen molar-refractivity contribution in [2.75, 3.05) is 6.54 Å². The Labute approximate surface area is 83.3 Å². The fourth-order valence-corrected chi connectivity index (χ4v) is 1.27. The molecule has 1 aromatic heterocycles. The molecule has 3 N–H and O–H groups in total. The minimum absolute atomic E-state index is 0.283. The smallest absolute Gasteiger partial charge is 0.307 e. The van der Waals surface area contributed by atoms with E-state index in [0.29, 0.717) is 19.5 Å². The quantitative estimate of drug-likeness (QED) is 0.641. The molecule has 0 aliphatic heterocycles. The van der Waals surface area contributed by atoms with Gasteiger partial charge in [-0.15, -0.1) is 0 Å². The minimum Gasteiger partial charge on any atom is -0.481 e. The third-order valence-corrected chi connectivity index (χ3v) is 2.22. The highest BCUT2D eigenvalue weighted by Gasteiger charge is 2.13. The first kappa shape index (κ1) is 10.8. The van der Waals surface area contributed by atoms with Gasteiger partial charge in [-0.1, -0.05) is 6.92 Å². The SMILES string of the molecule is CCC(CNCc1cc[nH]c1)C(=O)O. The molecule has 0 saturated heterocycles. The molecule has 0 radical (unpaired) electrons. The molecule has 78 valence electrons. The van der Waals surface area contributed by atoms with E-state index in [2.05, 4.69) is 10.3 Å². The van der Waals surface area contributed by atoms with Gasteiger partial charge in [0.2, 0.25) is 0 Å². The van der Waals surface area contributed by atoms with E-state index in [1.807, 2.05) is 25.4 Å². The second kappa shape index (κ2) is 5.44. The van der Waals surface area contributed by atoms with E-state index in [4.69, 9.17) is 5.11 Å². The summed E-state index contributed by atoms with van der Waals surface area (Å²) < 4.78 is 0. The van der Waals surface area contributed by atoms with Gasteiger partial charge in [-0.2, -0.15) is 0 Å². The second-order valence-corrected chi connectivity index (χ2v) is 3.29. The Bertz CT molecular complexity index is 270. The monoisotopic (exact) mass is 196 g/mol. The van der Waals surface area contributed by atoms with Crippen LogP contribution in [0.4, 0.5) is 0 Å². The van der Waals surface area contributed by atoms with Gasteiger partial charge in [0.1, 0.15) is 0 Å². The summed E-state index contributed by atoms with van der Waals surface area (Å²) in [5.41, 5.74) is 1.14. The van der Waals surface area contributed by atoms with Crippen molar-refractivity contribution in [3.8, 4) is 0 Å². The fraction of sp³-hybridized carbons (Fsp3) is 0.500. The van der Waals surface area contributed by atoms with E-state index in [0.717, 1.165) is 5.56 Å². The number of nitrogens with one attached hydrogen (secondary N) is 2. The van der Waals surface area contributed by atoms with Crippen LogP contribution in [0.15, 0.2) is 18.5 Å². The summed E-state index contributed by atoms with van der Waals surface area (Å²) in [6, 6.07) is 1.97. The standard InChI is InChI=1S/C10H16N2O2/c1-2-9(10(13)14)7-12-6-8-3-4-11-5-8/h3-5,9,11-12H,2,6-7H2,1H3,(H,13,14). The lowest BCUT2D eigenvalue weighted by molar-refractivity contribution is -0.141. The third kappa shape index (κ3) is 3.22. The minimum atomic E-state index is -0.728. The summed E-state index contributed by atoms with van der Waals surface area (Å²) in [7, 11) is 0. The van der Waals surface area contributed by atoms with Crippen molar-refractivity contribution >= 4 is 5.97 Å². The van der Waals surface area contributed by atoms with Crippen LogP contribution in [-0.4, -0.2) is 22.6 Å². The number of aliphatic carboxylic acids is 1. The van der Waals surface area contributed by atoms with Crippen LogP contribution in [0.25, 0.3) is 0 Å². The molecule has 14 heavy (non-hydrogen) atoms. The molecule has 1 rings (SSSR count). The van der Waals surface area contributed by atoms with Crippen LogP contribution < -0.4 is 5.32 Å². The molecule has 1 unspecified atom stereocenters. The first-order chi connectivity index (χ1) is 6.74. The van der Waals surface area contributed by atoms with E-state index >= 15 is 0 Å². The van der Waals surface area contributed by atoms with Crippen LogP contribution in [0.3, 0.4) is 0 Å². The second-order valence-electron chi connectivity index (χ2n) is 3.29. The molecule has 1 atom stereocenters. The van der Waals surface area contributed by atoms with Crippen LogP contribution in [0.5, 0.6) is 0 Å². The number of carbonyl (C=O) groups is 1. The molecule has 0 spiro atoms. The van der Waals surface area contributed by atoms with Crippen molar-refractivity contribution in [2.24, 2.45) is 5.92 Å². The van der Waals surface area contributed by atoms with E-state index in [1.54, 1.807) is 0 Å². The molecule has 4 nitrogen and oxygen atoms in total. The molecule has 0 fully saturated rings. The lowest BCUT2D eigenvalue weighted by atomic mass is 10.1. The van der Waals surface area contributed by atoms with Gasteiger partial charge < -0.3 is 15.4 Å². The van der Waals surface area contributed by atoms with Crippen molar-refractivity contribution in [1.82, 2.24) is 10.3 Å². The van der Waals surface area contributed by atoms with Gasteiger partial charge in [-0.25, -0.2) is 0 Å². The maximum absolute atomic E-state index is 10.7. The zero-order valence-electron chi connectivity index (χ0n) is 8.29. The molecule has 0 amide bonds. The first-order valence-electron chi connectivity index (χ1n) is 4.79. The van der Waals surface area contributed by atoms with Crippen molar-refractivity contribution < 1.29 is 9.90 Å². The van der Waals surface area contributed by atoms with Gasteiger partial charge in [-0.3, -0.25) is 4.79 Å². The molecule has 0 bridgehead atoms. The molecular formula is C10H16N2O2. The number of carboxylic acid groups (broad SMARTS) is 1. The van der Waals surface area contributed by atoms with Gasteiger partial charge in [0.25, 0.3) is 0 Å². The van der Waals surface area contributed by atoms with Crippen molar-refractivity contribution in [1.29, 1.82) is 0 Å². The largest absolute Gasteiger partial charge is 0.481 e. The van der Waals surface area contributed by atoms with Gasteiger partial charge in [0, 0.05) is 25.5 Å². The Kier molecular flexibility index (Phi) is 4.19. The van der Waals surface area contributed by atoms with Crippen molar-refractivity contribution in [2.45, 2.75) is 19.9 Å². The average molecular weight is 196 g/mol. The Morgan fingerprint density at radius 1 is 1.71 bits per heavy atom. The van der Waals surface area contributed by atoms with Crippen LogP contribution in [0, 0.1) is 5.92 Å². The molecule has 0 aromatic carbocycles. The van der Waals surface area contributed by atoms with Crippen LogP contribution in [-0.2, 0) is 11.3 Å². The third-order valence-electron chi connectivity index (χ3n) is 2.22. The van der Waals surface area contributed by atoms with Gasteiger partial charge >= 0.3 is 5.97 Å². The molecule has 1 aromatic rings. The highest BCUT2D eigenvalue weighted by molar-refractivity contribution is 5.70. The molecule has 4 heteroatoms. The van der Waals surface area contributed by atoms with Crippen LogP contribution in [0.2, 0.25) is 0 Å². The van der Waals surface area contributed by atoms with Crippen molar-refractivity contribution in [3.05, 3.63) is 24.0 Å².